The van der Waals surface area contributed by atoms with E-state index in [-0.39, 0.29) is 5.56 Å². The van der Waals surface area contributed by atoms with Crippen molar-refractivity contribution in [2.24, 2.45) is 0 Å². The zero-order valence-corrected chi connectivity index (χ0v) is 13.0. The van der Waals surface area contributed by atoms with Gasteiger partial charge in [-0.1, -0.05) is 11.3 Å². The topological polar surface area (TPSA) is 64.1 Å². The summed E-state index contributed by atoms with van der Waals surface area (Å²) in [6.07, 6.45) is -4.44. The smallest absolute Gasteiger partial charge is 0.416 e. The number of halogens is 3. The van der Waals surface area contributed by atoms with Crippen LogP contribution in [0.25, 0.3) is 10.3 Å². The third-order valence-corrected chi connectivity index (χ3v) is 4.01. The third kappa shape index (κ3) is 3.30. The van der Waals surface area contributed by atoms with E-state index in [9.17, 15) is 18.0 Å². The number of carbonyl (C=O) groups excluding carboxylic acids is 1. The van der Waals surface area contributed by atoms with Crippen molar-refractivity contribution in [2.75, 3.05) is 12.4 Å². The number of nitrogens with one attached hydrogen (secondary N) is 1. The number of thiazole rings is 1. The van der Waals surface area contributed by atoms with E-state index in [2.05, 4.69) is 15.3 Å². The molecule has 0 aliphatic heterocycles. The number of nitrogens with zero attached hydrogens (tertiary/aromatic N) is 2. The molecule has 0 aliphatic carbocycles. The van der Waals surface area contributed by atoms with Crippen LogP contribution < -0.4 is 10.1 Å². The Bertz CT molecular complexity index is 891. The molecule has 0 spiro atoms. The third-order valence-electron chi connectivity index (χ3n) is 3.13. The van der Waals surface area contributed by atoms with E-state index in [1.165, 1.54) is 7.11 Å². The Kier molecular flexibility index (Phi) is 4.10. The molecule has 3 rings (SSSR count). The minimum Gasteiger partial charge on any atom is -0.481 e. The number of fused-ring (bicyclic) bond motifs is 1. The molecule has 0 aliphatic rings. The molecule has 24 heavy (non-hydrogen) atoms. The standard InChI is InChI=1S/C15H10F3N3O2S/c1-23-11-7-6-10-13(20-11)24-14(19-10)21-12(22)8-2-4-9(5-3-8)15(16,17)18/h2-7H,1H3,(H,19,21,22). The van der Waals surface area contributed by atoms with Crippen molar-refractivity contribution in [1.29, 1.82) is 0 Å². The van der Waals surface area contributed by atoms with Gasteiger partial charge in [-0.2, -0.15) is 13.2 Å². The van der Waals surface area contributed by atoms with Crippen molar-refractivity contribution in [3.63, 3.8) is 0 Å². The molecule has 5 nitrogen and oxygen atoms in total. The summed E-state index contributed by atoms with van der Waals surface area (Å²) in [5.41, 5.74) is -0.119. The first-order valence-electron chi connectivity index (χ1n) is 6.67. The molecule has 0 fully saturated rings. The predicted octanol–water partition coefficient (Wildman–Crippen LogP) is 3.97. The first kappa shape index (κ1) is 16.2. The molecule has 1 N–H and O–H groups in total. The Morgan fingerprint density at radius 1 is 1.12 bits per heavy atom. The van der Waals surface area contributed by atoms with E-state index in [0.717, 1.165) is 35.6 Å². The van der Waals surface area contributed by atoms with Gasteiger partial charge < -0.3 is 4.74 Å². The fourth-order valence-corrected chi connectivity index (χ4v) is 2.77. The van der Waals surface area contributed by atoms with E-state index >= 15 is 0 Å². The van der Waals surface area contributed by atoms with Crippen LogP contribution in [0.5, 0.6) is 5.88 Å². The van der Waals surface area contributed by atoms with Gasteiger partial charge in [-0.05, 0) is 30.3 Å². The molecule has 0 saturated carbocycles. The van der Waals surface area contributed by atoms with Gasteiger partial charge in [-0.3, -0.25) is 10.1 Å². The fraction of sp³-hybridized carbons (Fsp3) is 0.133. The van der Waals surface area contributed by atoms with Gasteiger partial charge in [-0.15, -0.1) is 0 Å². The van der Waals surface area contributed by atoms with Gasteiger partial charge >= 0.3 is 6.18 Å². The van der Waals surface area contributed by atoms with E-state index in [0.29, 0.717) is 21.4 Å². The van der Waals surface area contributed by atoms with Gasteiger partial charge in [0, 0.05) is 11.6 Å². The van der Waals surface area contributed by atoms with Gasteiger partial charge in [0.25, 0.3) is 5.91 Å². The number of hydrogen-bond donors (Lipinski definition) is 1. The Morgan fingerprint density at radius 3 is 2.46 bits per heavy atom. The highest BCUT2D eigenvalue weighted by molar-refractivity contribution is 7.22. The summed E-state index contributed by atoms with van der Waals surface area (Å²) in [5, 5.41) is 2.85. The Balaban J connectivity index is 1.79. The normalized spacial score (nSPS) is 11.5. The zero-order chi connectivity index (χ0) is 17.3. The number of anilines is 1. The van der Waals surface area contributed by atoms with Crippen LogP contribution >= 0.6 is 11.3 Å². The number of aromatic nitrogens is 2. The van der Waals surface area contributed by atoms with Gasteiger partial charge in [0.05, 0.1) is 12.7 Å². The maximum absolute atomic E-state index is 12.5. The Labute approximate surface area is 138 Å². The molecule has 0 unspecified atom stereocenters. The number of alkyl halides is 3. The van der Waals surface area contributed by atoms with Crippen LogP contribution in [0.15, 0.2) is 36.4 Å². The zero-order valence-electron chi connectivity index (χ0n) is 12.2. The van der Waals surface area contributed by atoms with Gasteiger partial charge in [-0.25, -0.2) is 9.97 Å². The minimum atomic E-state index is -4.44. The first-order valence-corrected chi connectivity index (χ1v) is 7.48. The second kappa shape index (κ2) is 6.08. The molecule has 124 valence electrons. The number of amides is 1. The summed E-state index contributed by atoms with van der Waals surface area (Å²) in [7, 11) is 1.49. The van der Waals surface area contributed by atoms with Crippen molar-refractivity contribution in [2.45, 2.75) is 6.18 Å². The van der Waals surface area contributed by atoms with Crippen molar-refractivity contribution in [3.8, 4) is 5.88 Å². The van der Waals surface area contributed by atoms with Crippen LogP contribution in [0.2, 0.25) is 0 Å². The molecule has 0 radical (unpaired) electrons. The summed E-state index contributed by atoms with van der Waals surface area (Å²) in [5.74, 6) is -0.124. The van der Waals surface area contributed by atoms with Crippen molar-refractivity contribution >= 4 is 32.7 Å². The number of rotatable bonds is 3. The molecular weight excluding hydrogens is 343 g/mol. The lowest BCUT2D eigenvalue weighted by Gasteiger charge is -2.07. The maximum atomic E-state index is 12.5. The molecule has 2 heterocycles. The predicted molar refractivity (Wildman–Crippen MR) is 83.4 cm³/mol. The molecule has 0 atom stereocenters. The molecule has 1 aromatic carbocycles. The van der Waals surface area contributed by atoms with Gasteiger partial charge in [0.15, 0.2) is 5.13 Å². The Hall–Kier alpha value is -2.68. The van der Waals surface area contributed by atoms with E-state index in [1.807, 2.05) is 0 Å². The first-order chi connectivity index (χ1) is 11.4. The van der Waals surface area contributed by atoms with E-state index in [1.54, 1.807) is 12.1 Å². The highest BCUT2D eigenvalue weighted by atomic mass is 32.1. The lowest BCUT2D eigenvalue weighted by Crippen LogP contribution is -2.12. The molecule has 0 saturated heterocycles. The second-order valence-corrected chi connectivity index (χ2v) is 5.70. The average molecular weight is 353 g/mol. The summed E-state index contributed by atoms with van der Waals surface area (Å²) in [4.78, 5) is 21.1. The summed E-state index contributed by atoms with van der Waals surface area (Å²) in [6.45, 7) is 0. The average Bonchev–Trinajstić information content (AvgIpc) is 2.95. The van der Waals surface area contributed by atoms with Gasteiger partial charge in [0.2, 0.25) is 5.88 Å². The largest absolute Gasteiger partial charge is 0.481 e. The van der Waals surface area contributed by atoms with E-state index in [4.69, 9.17) is 4.74 Å². The summed E-state index contributed by atoms with van der Waals surface area (Å²) in [6, 6.07) is 7.30. The number of pyridine rings is 1. The van der Waals surface area contributed by atoms with E-state index < -0.39 is 17.6 Å². The quantitative estimate of drug-likeness (QED) is 0.774. The monoisotopic (exact) mass is 353 g/mol. The number of benzene rings is 1. The lowest BCUT2D eigenvalue weighted by molar-refractivity contribution is -0.137. The summed E-state index contributed by atoms with van der Waals surface area (Å²) < 4.78 is 42.6. The van der Waals surface area contributed by atoms with Crippen LogP contribution in [-0.2, 0) is 6.18 Å². The van der Waals surface area contributed by atoms with Crippen LogP contribution in [0, 0.1) is 0 Å². The second-order valence-electron chi connectivity index (χ2n) is 4.73. The van der Waals surface area contributed by atoms with Crippen LogP contribution in [-0.4, -0.2) is 23.0 Å². The lowest BCUT2D eigenvalue weighted by atomic mass is 10.1. The molecular formula is C15H10F3N3O2S. The molecule has 0 bridgehead atoms. The number of methoxy groups -OCH3 is 1. The van der Waals surface area contributed by atoms with Crippen LogP contribution in [0.3, 0.4) is 0 Å². The molecule has 2 aromatic heterocycles. The summed E-state index contributed by atoms with van der Waals surface area (Å²) >= 11 is 1.14. The highest BCUT2D eigenvalue weighted by Crippen LogP contribution is 2.30. The van der Waals surface area contributed by atoms with Gasteiger partial charge in [0.1, 0.15) is 10.3 Å². The molecule has 1 amide bonds. The minimum absolute atomic E-state index is 0.104. The fourth-order valence-electron chi connectivity index (χ4n) is 1.95. The van der Waals surface area contributed by atoms with Crippen molar-refractivity contribution in [3.05, 3.63) is 47.5 Å². The van der Waals surface area contributed by atoms with Crippen LogP contribution in [0.4, 0.5) is 18.3 Å². The van der Waals surface area contributed by atoms with Crippen molar-refractivity contribution in [1.82, 2.24) is 9.97 Å². The number of carbonyl (C=O) groups is 1. The maximum Gasteiger partial charge on any atom is 0.416 e. The number of ether oxygens (including phenoxy) is 1. The van der Waals surface area contributed by atoms with Crippen LogP contribution in [0.1, 0.15) is 15.9 Å². The Morgan fingerprint density at radius 2 is 1.83 bits per heavy atom. The molecule has 9 heteroatoms. The highest BCUT2D eigenvalue weighted by Gasteiger charge is 2.30. The molecule has 3 aromatic rings. The SMILES string of the molecule is COc1ccc2nc(NC(=O)c3ccc(C(F)(F)F)cc3)sc2n1. The van der Waals surface area contributed by atoms with Crippen molar-refractivity contribution < 1.29 is 22.7 Å². The number of hydrogen-bond acceptors (Lipinski definition) is 5.